The molecule has 4 aliphatic carbocycles. The molecule has 1 N–H and O–H groups in total. The summed E-state index contributed by atoms with van der Waals surface area (Å²) in [6.45, 7) is 7.87. The molecule has 0 aliphatic heterocycles. The van der Waals surface area contributed by atoms with E-state index in [2.05, 4.69) is 13.8 Å². The third kappa shape index (κ3) is 3.46. The first-order valence-corrected chi connectivity index (χ1v) is 13.1. The lowest BCUT2D eigenvalue weighted by Gasteiger charge is -2.67. The molecule has 1 spiro atoms. The molecule has 0 radical (unpaired) electrons. The second kappa shape index (κ2) is 8.07. The van der Waals surface area contributed by atoms with Crippen molar-refractivity contribution in [2.75, 3.05) is 0 Å². The maximum atomic E-state index is 13.2. The van der Waals surface area contributed by atoms with Gasteiger partial charge in [-0.1, -0.05) is 38.5 Å². The molecule has 0 saturated heterocycles. The second-order valence-corrected chi connectivity index (χ2v) is 12.5. The van der Waals surface area contributed by atoms with Crippen molar-refractivity contribution in [3.8, 4) is 0 Å². The fourth-order valence-corrected chi connectivity index (χ4v) is 9.23. The van der Waals surface area contributed by atoms with E-state index < -0.39 is 23.5 Å². The van der Waals surface area contributed by atoms with Crippen molar-refractivity contribution in [3.05, 3.63) is 35.9 Å². The highest BCUT2D eigenvalue weighted by molar-refractivity contribution is 5.89. The van der Waals surface area contributed by atoms with Crippen LogP contribution in [0.1, 0.15) is 89.4 Å². The van der Waals surface area contributed by atoms with Crippen molar-refractivity contribution >= 4 is 17.9 Å². The largest absolute Gasteiger partial charge is 0.481 e. The molecule has 1 aromatic carbocycles. The van der Waals surface area contributed by atoms with Crippen LogP contribution in [-0.2, 0) is 19.1 Å². The number of ether oxygens (including phenoxy) is 2. The predicted octanol–water partition coefficient (Wildman–Crippen LogP) is 5.64. The van der Waals surface area contributed by atoms with Crippen LogP contribution in [0, 0.1) is 33.5 Å². The maximum Gasteiger partial charge on any atom is 0.338 e. The van der Waals surface area contributed by atoms with Crippen molar-refractivity contribution in [1.82, 2.24) is 0 Å². The van der Waals surface area contributed by atoms with Gasteiger partial charge in [-0.25, -0.2) is 4.79 Å². The number of esters is 2. The van der Waals surface area contributed by atoms with Crippen molar-refractivity contribution in [2.24, 2.45) is 33.5 Å². The molecule has 8 atom stereocenters. The molecule has 2 bridgehead atoms. The molecule has 4 fully saturated rings. The Morgan fingerprint density at radius 1 is 0.943 bits per heavy atom. The van der Waals surface area contributed by atoms with Gasteiger partial charge in [-0.2, -0.15) is 0 Å². The Morgan fingerprint density at radius 3 is 2.31 bits per heavy atom. The first-order valence-electron chi connectivity index (χ1n) is 13.1. The van der Waals surface area contributed by atoms with E-state index in [1.54, 1.807) is 12.1 Å². The van der Waals surface area contributed by atoms with Gasteiger partial charge < -0.3 is 14.6 Å². The summed E-state index contributed by atoms with van der Waals surface area (Å²) in [5, 5.41) is 10.5. The molecular weight excluding hydrogens is 444 g/mol. The van der Waals surface area contributed by atoms with Crippen LogP contribution in [0.2, 0.25) is 0 Å². The first-order chi connectivity index (χ1) is 16.5. The molecule has 6 nitrogen and oxygen atoms in total. The average Bonchev–Trinajstić information content (AvgIpc) is 3.12. The van der Waals surface area contributed by atoms with Gasteiger partial charge in [-0.05, 0) is 80.8 Å². The number of rotatable bonds is 4. The number of aliphatic carboxylic acids is 1. The van der Waals surface area contributed by atoms with Crippen LogP contribution in [0.3, 0.4) is 0 Å². The Morgan fingerprint density at radius 2 is 1.66 bits per heavy atom. The number of carbonyl (C=O) groups excluding carboxylic acids is 2. The van der Waals surface area contributed by atoms with Crippen LogP contribution in [-0.4, -0.2) is 35.2 Å². The van der Waals surface area contributed by atoms with Crippen LogP contribution in [0.15, 0.2) is 30.3 Å². The van der Waals surface area contributed by atoms with Gasteiger partial charge in [0, 0.05) is 18.3 Å². The summed E-state index contributed by atoms with van der Waals surface area (Å²) in [5.41, 5.74) is -0.879. The quantitative estimate of drug-likeness (QED) is 0.559. The van der Waals surface area contributed by atoms with Crippen LogP contribution in [0.25, 0.3) is 0 Å². The molecule has 4 aliphatic rings. The predicted molar refractivity (Wildman–Crippen MR) is 130 cm³/mol. The van der Waals surface area contributed by atoms with Crippen molar-refractivity contribution < 1.29 is 29.0 Å². The van der Waals surface area contributed by atoms with Gasteiger partial charge in [-0.3, -0.25) is 9.59 Å². The van der Waals surface area contributed by atoms with Crippen molar-refractivity contribution in [3.63, 3.8) is 0 Å². The summed E-state index contributed by atoms with van der Waals surface area (Å²) >= 11 is 0. The first kappa shape index (κ1) is 24.3. The molecule has 1 unspecified atom stereocenters. The Kier molecular flexibility index (Phi) is 5.61. The number of hydrogen-bond donors (Lipinski definition) is 1. The van der Waals surface area contributed by atoms with Crippen LogP contribution >= 0.6 is 0 Å². The van der Waals surface area contributed by atoms with E-state index in [9.17, 15) is 19.5 Å². The number of carboxylic acid groups (broad SMARTS) is 1. The van der Waals surface area contributed by atoms with Gasteiger partial charge in [-0.15, -0.1) is 0 Å². The molecule has 0 heterocycles. The smallest absolute Gasteiger partial charge is 0.338 e. The highest BCUT2D eigenvalue weighted by Gasteiger charge is 2.73. The van der Waals surface area contributed by atoms with Gasteiger partial charge in [0.15, 0.2) is 0 Å². The molecule has 5 rings (SSSR count). The molecular formula is C29H38O6. The zero-order chi connectivity index (χ0) is 25.2. The minimum absolute atomic E-state index is 0.0319. The van der Waals surface area contributed by atoms with Gasteiger partial charge >= 0.3 is 17.9 Å². The SMILES string of the molecule is CC(=O)O[C@H]1CC2C[C@@H](OC(=O)c3ccccc3)[C@H]3[C@](C)(C(=O)O)CCC[C@]3(C)[C@]23CC[C@]1(C)C3. The van der Waals surface area contributed by atoms with Gasteiger partial charge in [0.2, 0.25) is 0 Å². The Hall–Kier alpha value is -2.37. The highest BCUT2D eigenvalue weighted by Crippen LogP contribution is 2.76. The van der Waals surface area contributed by atoms with Crippen LogP contribution in [0.4, 0.5) is 0 Å². The number of fused-ring (bicyclic) bond motifs is 2. The minimum atomic E-state index is -0.958. The number of carboxylic acids is 1. The standard InChI is InChI=1S/C29H38O6/c1-18(30)34-22-16-20-15-21(35-24(31)19-9-6-5-7-10-19)23-27(3,25(32)33)11-8-12-28(23,4)29(20)14-13-26(22,2)17-29/h5-7,9-10,20-23H,8,11-17H2,1-4H3,(H,32,33)/t20?,21-,22+,23+,26-,27-,28+,29+/m1/s1. The summed E-state index contributed by atoms with van der Waals surface area (Å²) < 4.78 is 12.1. The lowest BCUT2D eigenvalue weighted by molar-refractivity contribution is -0.235. The third-order valence-corrected chi connectivity index (χ3v) is 10.8. The van der Waals surface area contributed by atoms with E-state index >= 15 is 0 Å². The van der Waals surface area contributed by atoms with Crippen molar-refractivity contribution in [2.45, 2.75) is 91.3 Å². The second-order valence-electron chi connectivity index (χ2n) is 12.5. The third-order valence-electron chi connectivity index (χ3n) is 10.8. The summed E-state index contributed by atoms with van der Waals surface area (Å²) in [5.74, 6) is -1.49. The van der Waals surface area contributed by atoms with E-state index in [4.69, 9.17) is 9.47 Å². The van der Waals surface area contributed by atoms with Gasteiger partial charge in [0.1, 0.15) is 12.2 Å². The topological polar surface area (TPSA) is 89.9 Å². The molecule has 4 saturated carbocycles. The lowest BCUT2D eigenvalue weighted by atomic mass is 9.37. The molecule has 1 aromatic rings. The number of benzene rings is 1. The average molecular weight is 483 g/mol. The Bertz CT molecular complexity index is 1040. The molecule has 190 valence electrons. The molecule has 35 heavy (non-hydrogen) atoms. The van der Waals surface area contributed by atoms with Crippen molar-refractivity contribution in [1.29, 1.82) is 0 Å². The fraction of sp³-hybridized carbons (Fsp3) is 0.690. The van der Waals surface area contributed by atoms with E-state index in [0.29, 0.717) is 18.4 Å². The zero-order valence-electron chi connectivity index (χ0n) is 21.3. The van der Waals surface area contributed by atoms with Crippen LogP contribution < -0.4 is 0 Å². The summed E-state index contributed by atoms with van der Waals surface area (Å²) in [6.07, 6.45) is 6.03. The number of carbonyl (C=O) groups is 3. The molecule has 0 amide bonds. The molecule has 6 heteroatoms. The normalized spacial score (nSPS) is 44.0. The van der Waals surface area contributed by atoms with E-state index in [1.807, 2.05) is 25.1 Å². The molecule has 0 aromatic heterocycles. The lowest BCUT2D eigenvalue weighted by Crippen LogP contribution is -2.66. The summed E-state index contributed by atoms with van der Waals surface area (Å²) in [6, 6.07) is 8.95. The maximum absolute atomic E-state index is 13.2. The highest BCUT2D eigenvalue weighted by atomic mass is 16.5. The summed E-state index contributed by atoms with van der Waals surface area (Å²) in [4.78, 5) is 37.9. The monoisotopic (exact) mass is 482 g/mol. The minimum Gasteiger partial charge on any atom is -0.481 e. The van der Waals surface area contributed by atoms with E-state index in [0.717, 1.165) is 38.5 Å². The van der Waals surface area contributed by atoms with E-state index in [-0.39, 0.29) is 40.2 Å². The fourth-order valence-electron chi connectivity index (χ4n) is 9.23. The Balaban J connectivity index is 1.58. The van der Waals surface area contributed by atoms with Gasteiger partial charge in [0.05, 0.1) is 11.0 Å². The summed E-state index contributed by atoms with van der Waals surface area (Å²) in [7, 11) is 0. The van der Waals surface area contributed by atoms with E-state index in [1.165, 1.54) is 6.92 Å². The number of hydrogen-bond acceptors (Lipinski definition) is 5. The zero-order valence-corrected chi connectivity index (χ0v) is 21.3. The van der Waals surface area contributed by atoms with Gasteiger partial charge in [0.25, 0.3) is 0 Å². The van der Waals surface area contributed by atoms with Crippen LogP contribution in [0.5, 0.6) is 0 Å². The Labute approximate surface area is 207 Å².